The highest BCUT2D eigenvalue weighted by Crippen LogP contribution is 2.47. The Morgan fingerprint density at radius 1 is 0.978 bits per heavy atom. The molecule has 1 fully saturated rings. The maximum atomic E-state index is 15.9. The molecule has 0 unspecified atom stereocenters. The van der Waals surface area contributed by atoms with Crippen LogP contribution in [0.1, 0.15) is 16.8 Å². The first kappa shape index (κ1) is 27.3. The Morgan fingerprint density at radius 3 is 2.64 bits per heavy atom. The Balaban J connectivity index is 1.26. The summed E-state index contributed by atoms with van der Waals surface area (Å²) in [4.78, 5) is 33.5. The van der Waals surface area contributed by atoms with Gasteiger partial charge in [-0.3, -0.25) is 19.5 Å². The van der Waals surface area contributed by atoms with Gasteiger partial charge in [-0.25, -0.2) is 4.39 Å². The zero-order valence-corrected chi connectivity index (χ0v) is 24.1. The first-order valence-electron chi connectivity index (χ1n) is 14.9. The number of hydrogen-bond donors (Lipinski definition) is 2. The normalized spacial score (nSPS) is 14.4. The van der Waals surface area contributed by atoms with Crippen LogP contribution in [0.25, 0.3) is 38.5 Å². The van der Waals surface area contributed by atoms with Crippen LogP contribution in [0.4, 0.5) is 15.8 Å². The number of para-hydroxylation sites is 1. The third-order valence-corrected chi connectivity index (χ3v) is 8.36. The number of carbonyl (C=O) groups is 1. The van der Waals surface area contributed by atoms with Gasteiger partial charge in [0.05, 0.1) is 24.3 Å². The molecule has 6 aromatic rings. The molecule has 8 rings (SSSR count). The van der Waals surface area contributed by atoms with E-state index in [0.29, 0.717) is 53.6 Å². The van der Waals surface area contributed by atoms with Crippen molar-refractivity contribution in [2.75, 3.05) is 50.0 Å². The van der Waals surface area contributed by atoms with Gasteiger partial charge in [-0.05, 0) is 43.3 Å². The van der Waals surface area contributed by atoms with E-state index in [9.17, 15) is 9.59 Å². The lowest BCUT2D eigenvalue weighted by atomic mass is 10.0. The van der Waals surface area contributed by atoms with Crippen molar-refractivity contribution >= 4 is 50.1 Å². The van der Waals surface area contributed by atoms with Gasteiger partial charge >= 0.3 is 0 Å². The fraction of sp³-hybridized carbons (Fsp3) is 0.206. The Labute approximate surface area is 256 Å². The number of carbonyl (C=O) groups excluding carboxylic acids is 1. The standard InChI is InChI=1S/C34H28FN5O5/c35-25-16-23-31-33(30(25)37-8-3-11-39-12-14-43-15-13-39)45-29-17-22-21-4-1-2-5-27(21)44-28(22)18-26(29)40(31)19-24(32(23)41)34(42)38-20-6-9-36-10-7-20/h1-2,4-7,9-10,16-19,37H,3,8,11-15H2,(H,36,38,42). The number of hydrogen-bond acceptors (Lipinski definition) is 8. The van der Waals surface area contributed by atoms with E-state index in [0.717, 1.165) is 36.8 Å². The summed E-state index contributed by atoms with van der Waals surface area (Å²) < 4.78 is 35.7. The molecule has 0 atom stereocenters. The molecular weight excluding hydrogens is 577 g/mol. The highest BCUT2D eigenvalue weighted by atomic mass is 19.1. The van der Waals surface area contributed by atoms with Crippen LogP contribution in [0.15, 0.2) is 82.4 Å². The van der Waals surface area contributed by atoms with Crippen LogP contribution in [0.2, 0.25) is 0 Å². The summed E-state index contributed by atoms with van der Waals surface area (Å²) in [5.41, 5.74) is 2.13. The Hall–Kier alpha value is -5.26. The van der Waals surface area contributed by atoms with Crippen molar-refractivity contribution in [2.24, 2.45) is 0 Å². The molecule has 0 saturated carbocycles. The zero-order chi connectivity index (χ0) is 30.5. The summed E-state index contributed by atoms with van der Waals surface area (Å²) in [6.07, 6.45) is 5.34. The number of furan rings is 1. The molecule has 2 N–H and O–H groups in total. The van der Waals surface area contributed by atoms with E-state index in [-0.39, 0.29) is 22.4 Å². The number of nitrogens with zero attached hydrogens (tertiary/aromatic N) is 3. The largest absolute Gasteiger partial charge is 0.456 e. The van der Waals surface area contributed by atoms with Gasteiger partial charge in [0.25, 0.3) is 5.91 Å². The van der Waals surface area contributed by atoms with E-state index in [1.165, 1.54) is 24.7 Å². The minimum absolute atomic E-state index is 0.0269. The average molecular weight is 606 g/mol. The maximum absolute atomic E-state index is 15.9. The molecule has 45 heavy (non-hydrogen) atoms. The van der Waals surface area contributed by atoms with E-state index in [4.69, 9.17) is 13.9 Å². The highest BCUT2D eigenvalue weighted by Gasteiger charge is 2.29. The molecule has 226 valence electrons. The summed E-state index contributed by atoms with van der Waals surface area (Å²) in [7, 11) is 0. The molecular formula is C34H28FN5O5. The van der Waals surface area contributed by atoms with E-state index in [2.05, 4.69) is 20.5 Å². The van der Waals surface area contributed by atoms with Gasteiger partial charge in [-0.1, -0.05) is 18.2 Å². The molecule has 3 aromatic carbocycles. The van der Waals surface area contributed by atoms with Crippen molar-refractivity contribution in [3.8, 4) is 17.2 Å². The van der Waals surface area contributed by atoms with Crippen molar-refractivity contribution in [3.63, 3.8) is 0 Å². The highest BCUT2D eigenvalue weighted by molar-refractivity contribution is 6.09. The number of pyridine rings is 2. The molecule has 2 aliphatic rings. The predicted octanol–water partition coefficient (Wildman–Crippen LogP) is 5.92. The average Bonchev–Trinajstić information content (AvgIpc) is 3.42. The van der Waals surface area contributed by atoms with E-state index in [1.807, 2.05) is 36.4 Å². The van der Waals surface area contributed by atoms with Gasteiger partial charge in [0, 0.05) is 60.8 Å². The molecule has 2 aliphatic heterocycles. The van der Waals surface area contributed by atoms with Crippen LogP contribution >= 0.6 is 0 Å². The van der Waals surface area contributed by atoms with Crippen molar-refractivity contribution in [1.29, 1.82) is 0 Å². The third-order valence-electron chi connectivity index (χ3n) is 8.36. The van der Waals surface area contributed by atoms with Crippen molar-refractivity contribution in [1.82, 2.24) is 14.5 Å². The predicted molar refractivity (Wildman–Crippen MR) is 169 cm³/mol. The second kappa shape index (κ2) is 11.0. The van der Waals surface area contributed by atoms with Crippen LogP contribution in [-0.2, 0) is 4.74 Å². The van der Waals surface area contributed by atoms with E-state index in [1.54, 1.807) is 16.7 Å². The first-order chi connectivity index (χ1) is 22.0. The molecule has 1 saturated heterocycles. The lowest BCUT2D eigenvalue weighted by Crippen LogP contribution is -2.37. The summed E-state index contributed by atoms with van der Waals surface area (Å²) in [6.45, 7) is 4.50. The Bertz CT molecular complexity index is 2170. The number of halogens is 1. The van der Waals surface area contributed by atoms with E-state index >= 15 is 4.39 Å². The van der Waals surface area contributed by atoms with Gasteiger partial charge in [-0.2, -0.15) is 0 Å². The summed E-state index contributed by atoms with van der Waals surface area (Å²) in [6, 6.07) is 15.8. The van der Waals surface area contributed by atoms with Gasteiger partial charge in [0.2, 0.25) is 5.43 Å². The number of morpholine rings is 1. The van der Waals surface area contributed by atoms with Gasteiger partial charge in [-0.15, -0.1) is 0 Å². The van der Waals surface area contributed by atoms with Crippen molar-refractivity contribution in [2.45, 2.75) is 6.42 Å². The van der Waals surface area contributed by atoms with Crippen molar-refractivity contribution < 1.29 is 23.1 Å². The van der Waals surface area contributed by atoms with Crippen LogP contribution in [0.5, 0.6) is 11.5 Å². The summed E-state index contributed by atoms with van der Waals surface area (Å²) >= 11 is 0. The molecule has 11 heteroatoms. The molecule has 0 radical (unpaired) electrons. The summed E-state index contributed by atoms with van der Waals surface area (Å²) in [5, 5.41) is 7.74. The topological polar surface area (TPSA) is 111 Å². The lowest BCUT2D eigenvalue weighted by molar-refractivity contribution is 0.0378. The number of aromatic nitrogens is 2. The quantitative estimate of drug-likeness (QED) is 0.216. The molecule has 3 aromatic heterocycles. The van der Waals surface area contributed by atoms with E-state index < -0.39 is 17.2 Å². The second-order valence-electron chi connectivity index (χ2n) is 11.1. The number of rotatable bonds is 7. The van der Waals surface area contributed by atoms with Gasteiger partial charge in [0.15, 0.2) is 17.3 Å². The molecule has 5 heterocycles. The third kappa shape index (κ3) is 4.77. The minimum Gasteiger partial charge on any atom is -0.456 e. The second-order valence-corrected chi connectivity index (χ2v) is 11.1. The Morgan fingerprint density at radius 2 is 1.80 bits per heavy atom. The number of amides is 1. The zero-order valence-electron chi connectivity index (χ0n) is 24.1. The number of fused-ring (bicyclic) bond motifs is 5. The smallest absolute Gasteiger partial charge is 0.261 e. The molecule has 0 spiro atoms. The first-order valence-corrected chi connectivity index (χ1v) is 14.9. The number of anilines is 2. The fourth-order valence-corrected chi connectivity index (χ4v) is 6.14. The lowest BCUT2D eigenvalue weighted by Gasteiger charge is -2.27. The number of benzene rings is 3. The van der Waals surface area contributed by atoms with Crippen LogP contribution in [0, 0.1) is 5.82 Å². The van der Waals surface area contributed by atoms with Crippen molar-refractivity contribution in [3.05, 3.63) is 94.8 Å². The maximum Gasteiger partial charge on any atom is 0.261 e. The Kier molecular flexibility index (Phi) is 6.69. The SMILES string of the molecule is O=C(Nc1ccncc1)c1cn2c3c(c(NCCCN4CCOCC4)c(F)cc3c1=O)Oc1cc3c(cc1-2)oc1ccccc13. The van der Waals surface area contributed by atoms with Crippen LogP contribution in [0.3, 0.4) is 0 Å². The number of ether oxygens (including phenoxy) is 2. The fourth-order valence-electron chi connectivity index (χ4n) is 6.14. The van der Waals surface area contributed by atoms with Crippen LogP contribution < -0.4 is 20.8 Å². The molecule has 1 amide bonds. The minimum atomic E-state index is -0.641. The molecule has 0 aliphatic carbocycles. The summed E-state index contributed by atoms with van der Waals surface area (Å²) in [5.74, 6) is -0.636. The monoisotopic (exact) mass is 605 g/mol. The molecule has 0 bridgehead atoms. The molecule has 10 nitrogen and oxygen atoms in total. The van der Waals surface area contributed by atoms with Gasteiger partial charge in [0.1, 0.15) is 27.9 Å². The van der Waals surface area contributed by atoms with Gasteiger partial charge < -0.3 is 29.1 Å². The number of nitrogens with one attached hydrogen (secondary N) is 2. The van der Waals surface area contributed by atoms with Crippen LogP contribution in [-0.4, -0.2) is 59.8 Å².